The summed E-state index contributed by atoms with van der Waals surface area (Å²) in [6.45, 7) is 3.85. The zero-order chi connectivity index (χ0) is 53.4. The number of esters is 2. The smallest absolute Gasteiger partial charge is 0.306 e. The van der Waals surface area contributed by atoms with Gasteiger partial charge in [0.1, 0.15) is 6.61 Å². The van der Waals surface area contributed by atoms with Gasteiger partial charge in [0.25, 0.3) is 0 Å². The van der Waals surface area contributed by atoms with E-state index in [1.54, 1.807) is 0 Å². The maximum atomic E-state index is 12.3. The molecule has 0 aromatic rings. The van der Waals surface area contributed by atoms with Crippen molar-refractivity contribution in [2.75, 3.05) is 13.2 Å². The molecule has 0 aliphatic rings. The lowest BCUT2D eigenvalue weighted by Gasteiger charge is -2.15. The van der Waals surface area contributed by atoms with E-state index in [1.165, 1.54) is 25.7 Å². The Kier molecular flexibility index (Phi) is 57.6. The third-order valence-electron chi connectivity index (χ3n) is 11.4. The SMILES string of the molecule is CC/C=C\C/C=C\C/C=C\C/C=C\C/C=C\C/C=C\C/C=C\C/C=C\C/C=C\C/C=C\C/C=C\CCCCCCCCCC(=O)OC(CO)COC(=O)CCCCC/C=C\C/C=C\C/C=C\C/C=C\C/C=C\CC. The maximum Gasteiger partial charge on any atom is 0.306 e. The molecule has 0 aliphatic heterocycles. The lowest BCUT2D eigenvalue weighted by molar-refractivity contribution is -0.161. The standard InChI is InChI=1S/C69H104O5/c1-3-5-7-9-11-13-15-17-19-21-23-24-25-26-27-28-29-30-31-32-33-34-35-36-37-38-39-40-41-42-43-44-46-48-50-52-54-56-58-60-62-64-69(72)74-67(65-70)66-73-68(71)63-61-59-57-55-53-51-49-47-45-22-20-18-16-14-12-10-8-6-4-2/h5-8,11-14,17-20,23-24,26-27,29-30,32-33,35-36,38-39,41-42,44-47,51,53,67,70H,3-4,9-10,15-16,21-22,25,28,31,34,37,40,43,48-50,52,54-66H2,1-2H3/b7-5-,8-6-,13-11-,14-12-,19-17-,20-18-,24-23-,27-26-,30-29-,33-32-,36-35-,39-38-,42-41-,46-44-,47-45-,53-51-. The first kappa shape index (κ1) is 68.7. The van der Waals surface area contributed by atoms with Crippen LogP contribution in [0, 0.1) is 0 Å². The second-order valence-corrected chi connectivity index (χ2v) is 18.2. The van der Waals surface area contributed by atoms with Crippen molar-refractivity contribution < 1.29 is 24.2 Å². The zero-order valence-corrected chi connectivity index (χ0v) is 46.8. The highest BCUT2D eigenvalue weighted by Gasteiger charge is 2.16. The van der Waals surface area contributed by atoms with Crippen LogP contribution in [0.3, 0.4) is 0 Å². The molecule has 0 saturated carbocycles. The van der Waals surface area contributed by atoms with Gasteiger partial charge in [0.05, 0.1) is 6.61 Å². The van der Waals surface area contributed by atoms with Crippen molar-refractivity contribution in [3.8, 4) is 0 Å². The molecule has 0 aliphatic carbocycles. The average Bonchev–Trinajstić information content (AvgIpc) is 3.40. The maximum absolute atomic E-state index is 12.3. The fourth-order valence-corrected chi connectivity index (χ4v) is 7.11. The summed E-state index contributed by atoms with van der Waals surface area (Å²) < 4.78 is 10.7. The Morgan fingerprint density at radius 3 is 0.824 bits per heavy atom. The number of unbranched alkanes of at least 4 members (excludes halogenated alkanes) is 10. The van der Waals surface area contributed by atoms with Gasteiger partial charge in [-0.3, -0.25) is 9.59 Å². The van der Waals surface area contributed by atoms with Gasteiger partial charge >= 0.3 is 11.9 Å². The number of carbonyl (C=O) groups excluding carboxylic acids is 2. The van der Waals surface area contributed by atoms with Crippen LogP contribution >= 0.6 is 0 Å². The van der Waals surface area contributed by atoms with Gasteiger partial charge in [-0.2, -0.15) is 0 Å². The van der Waals surface area contributed by atoms with Crippen LogP contribution in [0.15, 0.2) is 194 Å². The van der Waals surface area contributed by atoms with Crippen molar-refractivity contribution in [1.29, 1.82) is 0 Å². The van der Waals surface area contributed by atoms with Gasteiger partial charge in [0, 0.05) is 12.8 Å². The molecule has 0 fully saturated rings. The summed E-state index contributed by atoms with van der Waals surface area (Å²) in [5, 5.41) is 9.64. The van der Waals surface area contributed by atoms with Crippen molar-refractivity contribution in [3.05, 3.63) is 194 Å². The van der Waals surface area contributed by atoms with Crippen LogP contribution in [0.5, 0.6) is 0 Å². The lowest BCUT2D eigenvalue weighted by atomic mass is 10.1. The Balaban J connectivity index is 3.68. The summed E-state index contributed by atoms with van der Waals surface area (Å²) in [5.41, 5.74) is 0. The van der Waals surface area contributed by atoms with Gasteiger partial charge in [0.15, 0.2) is 6.10 Å². The molecule has 0 aromatic carbocycles. The molecule has 0 amide bonds. The molecule has 0 aromatic heterocycles. The molecule has 1 unspecified atom stereocenters. The van der Waals surface area contributed by atoms with E-state index in [9.17, 15) is 14.7 Å². The first-order valence-corrected chi connectivity index (χ1v) is 29.0. The van der Waals surface area contributed by atoms with Crippen LogP contribution in [-0.2, 0) is 19.1 Å². The Hall–Kier alpha value is -5.26. The first-order valence-electron chi connectivity index (χ1n) is 29.0. The number of hydrogen-bond acceptors (Lipinski definition) is 5. The van der Waals surface area contributed by atoms with Crippen LogP contribution in [0.25, 0.3) is 0 Å². The van der Waals surface area contributed by atoms with Crippen molar-refractivity contribution in [2.24, 2.45) is 0 Å². The monoisotopic (exact) mass is 1010 g/mol. The quantitative estimate of drug-likeness (QED) is 0.0373. The van der Waals surface area contributed by atoms with E-state index in [1.807, 2.05) is 0 Å². The molecule has 1 N–H and O–H groups in total. The Morgan fingerprint density at radius 1 is 0.311 bits per heavy atom. The van der Waals surface area contributed by atoms with E-state index >= 15 is 0 Å². The third kappa shape index (κ3) is 59.3. The van der Waals surface area contributed by atoms with Crippen molar-refractivity contribution >= 4 is 11.9 Å². The molecule has 1 atom stereocenters. The molecule has 0 bridgehead atoms. The van der Waals surface area contributed by atoms with E-state index in [-0.39, 0.29) is 25.2 Å². The molecule has 74 heavy (non-hydrogen) atoms. The molecular weight excluding hydrogens is 909 g/mol. The predicted molar refractivity (Wildman–Crippen MR) is 324 cm³/mol. The molecule has 410 valence electrons. The summed E-state index contributed by atoms with van der Waals surface area (Å²) in [5.74, 6) is -0.658. The number of ether oxygens (including phenoxy) is 2. The van der Waals surface area contributed by atoms with Gasteiger partial charge < -0.3 is 14.6 Å². The van der Waals surface area contributed by atoms with Crippen LogP contribution in [0.1, 0.15) is 206 Å². The highest BCUT2D eigenvalue weighted by Crippen LogP contribution is 2.12. The molecule has 0 heterocycles. The predicted octanol–water partition coefficient (Wildman–Crippen LogP) is 20.1. The van der Waals surface area contributed by atoms with Gasteiger partial charge in [-0.1, -0.05) is 247 Å². The number of allylic oxidation sites excluding steroid dienone is 32. The summed E-state index contributed by atoms with van der Waals surface area (Å²) in [4.78, 5) is 24.5. The molecule has 5 heteroatoms. The van der Waals surface area contributed by atoms with Gasteiger partial charge in [-0.25, -0.2) is 0 Å². The van der Waals surface area contributed by atoms with Gasteiger partial charge in [0.2, 0.25) is 0 Å². The van der Waals surface area contributed by atoms with E-state index in [0.29, 0.717) is 12.8 Å². The topological polar surface area (TPSA) is 72.8 Å². The number of aliphatic hydroxyl groups is 1. The van der Waals surface area contributed by atoms with Crippen molar-refractivity contribution in [3.63, 3.8) is 0 Å². The Labute approximate surface area is 454 Å². The fraction of sp³-hybridized carbons (Fsp3) is 0.507. The molecule has 5 nitrogen and oxygen atoms in total. The highest BCUT2D eigenvalue weighted by atomic mass is 16.6. The molecule has 0 radical (unpaired) electrons. The fourth-order valence-electron chi connectivity index (χ4n) is 7.11. The second-order valence-electron chi connectivity index (χ2n) is 18.2. The third-order valence-corrected chi connectivity index (χ3v) is 11.4. The molecule has 0 rings (SSSR count). The van der Waals surface area contributed by atoms with E-state index in [2.05, 4.69) is 208 Å². The van der Waals surface area contributed by atoms with Gasteiger partial charge in [-0.15, -0.1) is 0 Å². The lowest BCUT2D eigenvalue weighted by Crippen LogP contribution is -2.28. The van der Waals surface area contributed by atoms with Crippen LogP contribution in [0.2, 0.25) is 0 Å². The Morgan fingerprint density at radius 2 is 0.541 bits per heavy atom. The minimum atomic E-state index is -0.808. The minimum Gasteiger partial charge on any atom is -0.462 e. The average molecular weight is 1010 g/mol. The van der Waals surface area contributed by atoms with Crippen molar-refractivity contribution in [1.82, 2.24) is 0 Å². The number of hydrogen-bond donors (Lipinski definition) is 1. The number of aliphatic hydroxyl groups excluding tert-OH is 1. The molecule has 0 saturated heterocycles. The summed E-state index contributed by atoms with van der Waals surface area (Å²) in [6.07, 6.45) is 99.7. The Bertz CT molecular complexity index is 1760. The second kappa shape index (κ2) is 62.0. The van der Waals surface area contributed by atoms with E-state index in [4.69, 9.17) is 9.47 Å². The minimum absolute atomic E-state index is 0.101. The summed E-state index contributed by atoms with van der Waals surface area (Å²) >= 11 is 0. The van der Waals surface area contributed by atoms with E-state index < -0.39 is 6.10 Å². The zero-order valence-electron chi connectivity index (χ0n) is 46.8. The largest absolute Gasteiger partial charge is 0.462 e. The highest BCUT2D eigenvalue weighted by molar-refractivity contribution is 5.70. The van der Waals surface area contributed by atoms with Crippen LogP contribution in [0.4, 0.5) is 0 Å². The van der Waals surface area contributed by atoms with E-state index in [0.717, 1.165) is 154 Å². The van der Waals surface area contributed by atoms with Crippen LogP contribution in [-0.4, -0.2) is 36.4 Å². The summed E-state index contributed by atoms with van der Waals surface area (Å²) in [7, 11) is 0. The number of carbonyl (C=O) groups is 2. The molecular formula is C69H104O5. The van der Waals surface area contributed by atoms with Gasteiger partial charge in [-0.05, 0) is 141 Å². The van der Waals surface area contributed by atoms with Crippen molar-refractivity contribution in [2.45, 2.75) is 213 Å². The molecule has 0 spiro atoms. The first-order chi connectivity index (χ1) is 36.6. The van der Waals surface area contributed by atoms with Crippen LogP contribution < -0.4 is 0 Å². The summed E-state index contributed by atoms with van der Waals surface area (Å²) in [6, 6.07) is 0. The number of rotatable bonds is 50. The normalized spacial score (nSPS) is 13.7.